The van der Waals surface area contributed by atoms with Crippen molar-refractivity contribution in [3.63, 3.8) is 0 Å². The molecule has 0 saturated carbocycles. The number of hydrogen-bond donors (Lipinski definition) is 3. The van der Waals surface area contributed by atoms with Crippen LogP contribution >= 0.6 is 0 Å². The summed E-state index contributed by atoms with van der Waals surface area (Å²) in [6.45, 7) is -2.07. The van der Waals surface area contributed by atoms with Crippen LogP contribution in [-0.4, -0.2) is 59.9 Å². The van der Waals surface area contributed by atoms with Gasteiger partial charge in [0.15, 0.2) is 0 Å². The molecule has 0 rings (SSSR count). The molecule has 0 saturated heterocycles. The highest BCUT2D eigenvalue weighted by atomic mass is 19.4. The maximum absolute atomic E-state index is 11.5. The van der Waals surface area contributed by atoms with E-state index in [1.54, 1.807) is 0 Å². The van der Waals surface area contributed by atoms with Crippen molar-refractivity contribution in [3.05, 3.63) is 0 Å². The molecule has 0 atom stereocenters. The molecule has 0 radical (unpaired) electrons. The van der Waals surface area contributed by atoms with Crippen molar-refractivity contribution in [1.82, 2.24) is 4.90 Å². The lowest BCUT2D eigenvalue weighted by molar-refractivity contribution is -0.151. The predicted octanol–water partition coefficient (Wildman–Crippen LogP) is -0.405. The van der Waals surface area contributed by atoms with Gasteiger partial charge in [-0.05, 0) is 7.05 Å². The number of halogens is 3. The summed E-state index contributed by atoms with van der Waals surface area (Å²) < 4.78 is 34.6. The highest BCUT2D eigenvalue weighted by molar-refractivity contribution is 5.69. The van der Waals surface area contributed by atoms with Crippen molar-refractivity contribution < 1.29 is 33.0 Å². The third-order valence-corrected chi connectivity index (χ3v) is 1.03. The van der Waals surface area contributed by atoms with Crippen LogP contribution < -0.4 is 5.73 Å². The fraction of sp³-hybridized carbons (Fsp3) is 0.714. The minimum absolute atomic E-state index is 0.278. The lowest BCUT2D eigenvalue weighted by Crippen LogP contribution is -2.34. The van der Waals surface area contributed by atoms with Crippen LogP contribution in [0.3, 0.4) is 0 Å². The van der Waals surface area contributed by atoms with Crippen LogP contribution in [-0.2, 0) is 9.59 Å². The number of aliphatic carboxylic acids is 2. The smallest absolute Gasteiger partial charge is 0.401 e. The summed E-state index contributed by atoms with van der Waals surface area (Å²) in [5.41, 5.74) is 4.57. The molecule has 0 heterocycles. The summed E-state index contributed by atoms with van der Waals surface area (Å²) >= 11 is 0. The van der Waals surface area contributed by atoms with Gasteiger partial charge in [-0.2, -0.15) is 13.2 Å². The Labute approximate surface area is 89.4 Å². The Kier molecular flexibility index (Phi) is 8.40. The second kappa shape index (κ2) is 7.88. The van der Waals surface area contributed by atoms with Crippen LogP contribution in [0.15, 0.2) is 0 Å². The van der Waals surface area contributed by atoms with Gasteiger partial charge in [0, 0.05) is 0 Å². The van der Waals surface area contributed by atoms with Crippen molar-refractivity contribution in [2.45, 2.75) is 6.18 Å². The molecule has 0 spiro atoms. The summed E-state index contributed by atoms with van der Waals surface area (Å²) in [4.78, 5) is 19.8. The first kappa shape index (κ1) is 17.1. The van der Waals surface area contributed by atoms with Crippen molar-refractivity contribution >= 4 is 11.9 Å². The Morgan fingerprint density at radius 3 is 1.81 bits per heavy atom. The summed E-state index contributed by atoms with van der Waals surface area (Å²) in [5.74, 6) is -2.23. The standard InChI is InChI=1S/C5H8F3NO2.C2H5NO2/c1-9(2-4(10)11)3-5(6,7)8;3-1-2(4)5/h2-3H2,1H3,(H,10,11);1,3H2,(H,4,5). The van der Waals surface area contributed by atoms with E-state index in [0.717, 1.165) is 7.05 Å². The van der Waals surface area contributed by atoms with Crippen LogP contribution in [0.1, 0.15) is 0 Å². The fourth-order valence-corrected chi connectivity index (χ4v) is 0.593. The molecule has 0 aliphatic heterocycles. The van der Waals surface area contributed by atoms with E-state index >= 15 is 0 Å². The van der Waals surface area contributed by atoms with E-state index in [4.69, 9.17) is 10.2 Å². The van der Waals surface area contributed by atoms with E-state index in [1.165, 1.54) is 0 Å². The first-order valence-electron chi connectivity index (χ1n) is 3.97. The van der Waals surface area contributed by atoms with Crippen LogP contribution in [0.2, 0.25) is 0 Å². The second-order valence-corrected chi connectivity index (χ2v) is 2.78. The Morgan fingerprint density at radius 2 is 1.62 bits per heavy atom. The zero-order chi connectivity index (χ0) is 13.4. The molecule has 0 bridgehead atoms. The van der Waals surface area contributed by atoms with Gasteiger partial charge in [0.1, 0.15) is 0 Å². The van der Waals surface area contributed by atoms with Crippen molar-refractivity contribution in [3.8, 4) is 0 Å². The van der Waals surface area contributed by atoms with E-state index in [9.17, 15) is 22.8 Å². The molecule has 0 aliphatic rings. The third-order valence-electron chi connectivity index (χ3n) is 1.03. The number of nitrogens with two attached hydrogens (primary N) is 1. The Morgan fingerprint density at radius 1 is 1.25 bits per heavy atom. The Bertz CT molecular complexity index is 232. The first-order chi connectivity index (χ1) is 7.08. The van der Waals surface area contributed by atoms with Gasteiger partial charge in [-0.25, -0.2) is 0 Å². The SMILES string of the molecule is CN(CC(=O)O)CC(F)(F)F.NCC(=O)O. The lowest BCUT2D eigenvalue weighted by atomic mass is 10.5. The number of carboxylic acid groups (broad SMARTS) is 2. The Hall–Kier alpha value is -1.35. The van der Waals surface area contributed by atoms with E-state index in [2.05, 4.69) is 5.73 Å². The number of rotatable bonds is 4. The Balaban J connectivity index is 0. The van der Waals surface area contributed by atoms with Gasteiger partial charge in [0.05, 0.1) is 19.6 Å². The van der Waals surface area contributed by atoms with Crippen LogP contribution in [0.25, 0.3) is 0 Å². The molecule has 0 aromatic heterocycles. The monoisotopic (exact) mass is 246 g/mol. The summed E-state index contributed by atoms with van der Waals surface area (Å²) in [6, 6.07) is 0. The molecule has 0 amide bonds. The molecule has 16 heavy (non-hydrogen) atoms. The molecule has 4 N–H and O–H groups in total. The molecule has 96 valence electrons. The van der Waals surface area contributed by atoms with Crippen molar-refractivity contribution in [2.24, 2.45) is 5.73 Å². The molecule has 0 aliphatic carbocycles. The van der Waals surface area contributed by atoms with Crippen LogP contribution in [0.5, 0.6) is 0 Å². The average molecular weight is 246 g/mol. The minimum Gasteiger partial charge on any atom is -0.480 e. The number of carboxylic acids is 2. The van der Waals surface area contributed by atoms with Crippen molar-refractivity contribution in [1.29, 1.82) is 0 Å². The van der Waals surface area contributed by atoms with Crippen LogP contribution in [0.4, 0.5) is 13.2 Å². The highest BCUT2D eigenvalue weighted by Crippen LogP contribution is 2.14. The quantitative estimate of drug-likeness (QED) is 0.623. The molecular weight excluding hydrogens is 233 g/mol. The van der Waals surface area contributed by atoms with E-state index in [-0.39, 0.29) is 6.54 Å². The zero-order valence-electron chi connectivity index (χ0n) is 8.49. The van der Waals surface area contributed by atoms with Gasteiger partial charge < -0.3 is 15.9 Å². The van der Waals surface area contributed by atoms with E-state index < -0.39 is 31.2 Å². The summed E-state index contributed by atoms with van der Waals surface area (Å²) in [6.07, 6.45) is -4.33. The third kappa shape index (κ3) is 18.4. The highest BCUT2D eigenvalue weighted by Gasteiger charge is 2.29. The maximum atomic E-state index is 11.5. The normalized spacial score (nSPS) is 10.6. The topological polar surface area (TPSA) is 104 Å². The van der Waals surface area contributed by atoms with Gasteiger partial charge in [0.2, 0.25) is 0 Å². The number of hydrogen-bond acceptors (Lipinski definition) is 4. The van der Waals surface area contributed by atoms with E-state index in [1.807, 2.05) is 0 Å². The number of likely N-dealkylation sites (N-methyl/N-ethyl adjacent to an activating group) is 1. The maximum Gasteiger partial charge on any atom is 0.401 e. The summed E-state index contributed by atoms with van der Waals surface area (Å²) in [5, 5.41) is 15.7. The molecular formula is C7H13F3N2O4. The van der Waals surface area contributed by atoms with Gasteiger partial charge in [-0.1, -0.05) is 0 Å². The predicted molar refractivity (Wildman–Crippen MR) is 47.9 cm³/mol. The van der Waals surface area contributed by atoms with Gasteiger partial charge in [-0.3, -0.25) is 14.5 Å². The molecule has 6 nitrogen and oxygen atoms in total. The second-order valence-electron chi connectivity index (χ2n) is 2.78. The van der Waals surface area contributed by atoms with Crippen molar-refractivity contribution in [2.75, 3.05) is 26.7 Å². The fourth-order valence-electron chi connectivity index (χ4n) is 0.593. The first-order valence-corrected chi connectivity index (χ1v) is 3.97. The number of carbonyl (C=O) groups is 2. The summed E-state index contributed by atoms with van der Waals surface area (Å²) in [7, 11) is 1.10. The molecule has 0 unspecified atom stereocenters. The molecule has 0 aromatic carbocycles. The zero-order valence-corrected chi connectivity index (χ0v) is 8.49. The lowest BCUT2D eigenvalue weighted by Gasteiger charge is -2.15. The number of nitrogens with zero attached hydrogens (tertiary/aromatic N) is 1. The number of alkyl halides is 3. The molecule has 9 heteroatoms. The minimum atomic E-state index is -4.33. The van der Waals surface area contributed by atoms with Gasteiger partial charge >= 0.3 is 18.1 Å². The largest absolute Gasteiger partial charge is 0.480 e. The van der Waals surface area contributed by atoms with Gasteiger partial charge in [0.25, 0.3) is 0 Å². The van der Waals surface area contributed by atoms with Gasteiger partial charge in [-0.15, -0.1) is 0 Å². The molecule has 0 aromatic rings. The average Bonchev–Trinajstić information content (AvgIpc) is 1.99. The molecule has 0 fully saturated rings. The van der Waals surface area contributed by atoms with Crippen LogP contribution in [0, 0.1) is 0 Å². The van der Waals surface area contributed by atoms with E-state index in [0.29, 0.717) is 4.90 Å².